The summed E-state index contributed by atoms with van der Waals surface area (Å²) >= 11 is 5.90. The number of anilines is 2. The third kappa shape index (κ3) is 5.56. The largest absolute Gasteiger partial charge is 0.368 e. The van der Waals surface area contributed by atoms with E-state index in [4.69, 9.17) is 17.3 Å². The fourth-order valence-corrected chi connectivity index (χ4v) is 1.74. The highest BCUT2D eigenvalue weighted by Gasteiger charge is 2.14. The van der Waals surface area contributed by atoms with Crippen molar-refractivity contribution in [2.45, 2.75) is 33.1 Å². The molecule has 0 aliphatic rings. The van der Waals surface area contributed by atoms with Crippen LogP contribution in [0.4, 0.5) is 11.9 Å². The van der Waals surface area contributed by atoms with Gasteiger partial charge in [0.1, 0.15) is 0 Å². The van der Waals surface area contributed by atoms with Crippen molar-refractivity contribution < 1.29 is 4.79 Å². The first-order chi connectivity index (χ1) is 9.56. The van der Waals surface area contributed by atoms with Gasteiger partial charge in [-0.25, -0.2) is 0 Å². The maximum absolute atomic E-state index is 11.1. The molecule has 0 unspecified atom stereocenters. The molecule has 0 fully saturated rings. The first kappa shape index (κ1) is 16.4. The standard InChI is InChI=1S/C12H21ClN6O/c1-3-5-7-19(8-9(14)20)12-17-10(13)16-11(18-12)15-6-4-2/h3-8H2,1-2H3,(H2,14,20)(H,15,16,17,18). The van der Waals surface area contributed by atoms with Crippen LogP contribution < -0.4 is 16.0 Å². The first-order valence-corrected chi connectivity index (χ1v) is 7.13. The summed E-state index contributed by atoms with van der Waals surface area (Å²) in [6, 6.07) is 0. The van der Waals surface area contributed by atoms with Gasteiger partial charge in [0.25, 0.3) is 0 Å². The molecule has 1 aromatic heterocycles. The van der Waals surface area contributed by atoms with Crippen molar-refractivity contribution in [1.82, 2.24) is 15.0 Å². The van der Waals surface area contributed by atoms with Crippen LogP contribution in [0.5, 0.6) is 0 Å². The highest BCUT2D eigenvalue weighted by Crippen LogP contribution is 2.14. The summed E-state index contributed by atoms with van der Waals surface area (Å²) in [6.07, 6.45) is 2.85. The van der Waals surface area contributed by atoms with Crippen LogP contribution in [0.2, 0.25) is 5.28 Å². The summed E-state index contributed by atoms with van der Waals surface area (Å²) in [6.45, 7) is 5.56. The predicted octanol–water partition coefficient (Wildman–Crippen LogP) is 1.44. The van der Waals surface area contributed by atoms with E-state index in [2.05, 4.69) is 27.2 Å². The number of carbonyl (C=O) groups excluding carboxylic acids is 1. The molecule has 0 saturated carbocycles. The van der Waals surface area contributed by atoms with Crippen molar-refractivity contribution >= 4 is 29.4 Å². The average Bonchev–Trinajstić information content (AvgIpc) is 2.40. The van der Waals surface area contributed by atoms with Crippen LogP contribution in [-0.2, 0) is 4.79 Å². The SMILES string of the molecule is CCCCN(CC(N)=O)c1nc(Cl)nc(NCCC)n1. The molecule has 0 aromatic carbocycles. The average molecular weight is 301 g/mol. The zero-order valence-corrected chi connectivity index (χ0v) is 12.7. The second kappa shape index (κ2) is 8.52. The van der Waals surface area contributed by atoms with Gasteiger partial charge in [-0.15, -0.1) is 0 Å². The zero-order chi connectivity index (χ0) is 15.0. The van der Waals surface area contributed by atoms with Crippen molar-refractivity contribution in [3.05, 3.63) is 5.28 Å². The van der Waals surface area contributed by atoms with E-state index in [0.29, 0.717) is 18.4 Å². The van der Waals surface area contributed by atoms with Crippen LogP contribution in [0.3, 0.4) is 0 Å². The number of rotatable bonds is 9. The molecule has 20 heavy (non-hydrogen) atoms. The van der Waals surface area contributed by atoms with Crippen molar-refractivity contribution in [2.75, 3.05) is 29.9 Å². The lowest BCUT2D eigenvalue weighted by Gasteiger charge is -2.21. The minimum absolute atomic E-state index is 0.0631. The molecule has 1 amide bonds. The second-order valence-electron chi connectivity index (χ2n) is 4.40. The molecular weight excluding hydrogens is 280 g/mol. The number of hydrogen-bond acceptors (Lipinski definition) is 6. The van der Waals surface area contributed by atoms with Gasteiger partial charge in [0.2, 0.25) is 23.1 Å². The highest BCUT2D eigenvalue weighted by atomic mass is 35.5. The smallest absolute Gasteiger partial charge is 0.237 e. The van der Waals surface area contributed by atoms with Crippen molar-refractivity contribution in [1.29, 1.82) is 0 Å². The van der Waals surface area contributed by atoms with Gasteiger partial charge >= 0.3 is 0 Å². The number of nitrogens with two attached hydrogens (primary N) is 1. The molecule has 0 saturated heterocycles. The molecule has 1 heterocycles. The number of nitrogens with zero attached hydrogens (tertiary/aromatic N) is 4. The Morgan fingerprint density at radius 3 is 2.65 bits per heavy atom. The monoisotopic (exact) mass is 300 g/mol. The molecule has 0 radical (unpaired) electrons. The number of nitrogens with one attached hydrogen (secondary N) is 1. The molecule has 8 heteroatoms. The van der Waals surface area contributed by atoms with Crippen molar-refractivity contribution in [3.8, 4) is 0 Å². The summed E-state index contributed by atoms with van der Waals surface area (Å²) < 4.78 is 0. The van der Waals surface area contributed by atoms with E-state index in [0.717, 1.165) is 25.8 Å². The number of hydrogen-bond donors (Lipinski definition) is 2. The summed E-state index contributed by atoms with van der Waals surface area (Å²) in [5, 5.41) is 3.15. The van der Waals surface area contributed by atoms with E-state index in [9.17, 15) is 4.79 Å². The minimum Gasteiger partial charge on any atom is -0.368 e. The van der Waals surface area contributed by atoms with Gasteiger partial charge in [-0.3, -0.25) is 4.79 Å². The second-order valence-corrected chi connectivity index (χ2v) is 4.73. The van der Waals surface area contributed by atoms with Gasteiger partial charge < -0.3 is 16.0 Å². The Morgan fingerprint density at radius 1 is 1.30 bits per heavy atom. The number of carbonyl (C=O) groups is 1. The summed E-state index contributed by atoms with van der Waals surface area (Å²) in [5.74, 6) is 0.351. The molecule has 112 valence electrons. The number of primary amides is 1. The molecule has 0 aliphatic heterocycles. The molecule has 1 aromatic rings. The molecule has 1 rings (SSSR count). The Balaban J connectivity index is 2.92. The lowest BCUT2D eigenvalue weighted by atomic mass is 10.3. The van der Waals surface area contributed by atoms with Gasteiger partial charge in [0.05, 0.1) is 6.54 Å². The highest BCUT2D eigenvalue weighted by molar-refractivity contribution is 6.28. The van der Waals surface area contributed by atoms with E-state index in [1.165, 1.54) is 0 Å². The Hall–Kier alpha value is -1.63. The van der Waals surface area contributed by atoms with E-state index in [-0.39, 0.29) is 11.8 Å². The van der Waals surface area contributed by atoms with Gasteiger partial charge in [-0.1, -0.05) is 20.3 Å². The predicted molar refractivity (Wildman–Crippen MR) is 79.9 cm³/mol. The Labute approximate surface area is 123 Å². The number of aromatic nitrogens is 3. The van der Waals surface area contributed by atoms with E-state index < -0.39 is 5.91 Å². The number of halogens is 1. The Kier molecular flexibility index (Phi) is 7.00. The van der Waals surface area contributed by atoms with E-state index >= 15 is 0 Å². The molecule has 0 spiro atoms. The minimum atomic E-state index is -0.430. The maximum Gasteiger partial charge on any atom is 0.237 e. The third-order valence-corrected chi connectivity index (χ3v) is 2.71. The van der Waals surface area contributed by atoms with Gasteiger partial charge in [0, 0.05) is 13.1 Å². The van der Waals surface area contributed by atoms with Crippen LogP contribution >= 0.6 is 11.6 Å². The maximum atomic E-state index is 11.1. The van der Waals surface area contributed by atoms with Crippen LogP contribution in [0.25, 0.3) is 0 Å². The first-order valence-electron chi connectivity index (χ1n) is 6.75. The van der Waals surface area contributed by atoms with E-state index in [1.807, 2.05) is 6.92 Å². The van der Waals surface area contributed by atoms with Crippen molar-refractivity contribution in [2.24, 2.45) is 5.73 Å². The summed E-state index contributed by atoms with van der Waals surface area (Å²) in [4.78, 5) is 25.2. The molecule has 0 atom stereocenters. The van der Waals surface area contributed by atoms with Crippen LogP contribution in [0.1, 0.15) is 33.1 Å². The fourth-order valence-electron chi connectivity index (χ4n) is 1.58. The molecule has 3 N–H and O–H groups in total. The third-order valence-electron chi connectivity index (χ3n) is 2.54. The normalized spacial score (nSPS) is 10.3. The zero-order valence-electron chi connectivity index (χ0n) is 11.9. The lowest BCUT2D eigenvalue weighted by molar-refractivity contribution is -0.116. The van der Waals surface area contributed by atoms with E-state index in [1.54, 1.807) is 4.90 Å². The molecule has 0 bridgehead atoms. The molecular formula is C12H21ClN6O. The molecule has 0 aliphatic carbocycles. The Bertz CT molecular complexity index is 442. The lowest BCUT2D eigenvalue weighted by Crippen LogP contribution is -2.36. The van der Waals surface area contributed by atoms with Crippen LogP contribution in [-0.4, -0.2) is 40.5 Å². The molecule has 7 nitrogen and oxygen atoms in total. The Morgan fingerprint density at radius 2 is 2.05 bits per heavy atom. The van der Waals surface area contributed by atoms with Crippen LogP contribution in [0.15, 0.2) is 0 Å². The van der Waals surface area contributed by atoms with Gasteiger partial charge in [-0.05, 0) is 24.4 Å². The van der Waals surface area contributed by atoms with Crippen LogP contribution in [0, 0.1) is 0 Å². The fraction of sp³-hybridized carbons (Fsp3) is 0.667. The van der Waals surface area contributed by atoms with Crippen molar-refractivity contribution in [3.63, 3.8) is 0 Å². The quantitative estimate of drug-likeness (QED) is 0.716. The summed E-state index contributed by atoms with van der Waals surface area (Å²) in [7, 11) is 0. The number of unbranched alkanes of at least 4 members (excludes halogenated alkanes) is 1. The summed E-state index contributed by atoms with van der Waals surface area (Å²) in [5.41, 5.74) is 5.26. The van der Waals surface area contributed by atoms with Gasteiger partial charge in [-0.2, -0.15) is 15.0 Å². The van der Waals surface area contributed by atoms with Gasteiger partial charge in [0.15, 0.2) is 0 Å². The number of amides is 1. The topological polar surface area (TPSA) is 97.0 Å².